The molecule has 4 rings (SSSR count). The van der Waals surface area contributed by atoms with Crippen LogP contribution in [0.3, 0.4) is 0 Å². The van der Waals surface area contributed by atoms with E-state index in [4.69, 9.17) is 16.3 Å². The monoisotopic (exact) mass is 503 g/mol. The van der Waals surface area contributed by atoms with Crippen LogP contribution < -0.4 is 4.74 Å². The van der Waals surface area contributed by atoms with Crippen LogP contribution in [-0.4, -0.2) is 43.3 Å². The number of methoxy groups -OCH3 is 1. The summed E-state index contributed by atoms with van der Waals surface area (Å²) in [6, 6.07) is 3.34. The van der Waals surface area contributed by atoms with Gasteiger partial charge >= 0.3 is 12.1 Å². The molecule has 1 saturated heterocycles. The zero-order valence-corrected chi connectivity index (χ0v) is 19.1. The van der Waals surface area contributed by atoms with Crippen molar-refractivity contribution in [2.45, 2.75) is 49.9 Å². The SMILES string of the molecule is COC(=O)c1cc(C2CC2)c(O[C@@H]2CCCN(C(c3ccc(F)cc3Cl)C(F)(F)F)C2)cc1F. The van der Waals surface area contributed by atoms with E-state index in [-0.39, 0.29) is 40.9 Å². The fourth-order valence-corrected chi connectivity index (χ4v) is 4.70. The Kier molecular flexibility index (Phi) is 7.05. The van der Waals surface area contributed by atoms with Crippen molar-refractivity contribution in [2.24, 2.45) is 0 Å². The molecule has 1 saturated carbocycles. The van der Waals surface area contributed by atoms with Gasteiger partial charge in [0.25, 0.3) is 0 Å². The molecule has 2 atom stereocenters. The average molecular weight is 504 g/mol. The number of hydrogen-bond acceptors (Lipinski definition) is 4. The largest absolute Gasteiger partial charge is 0.489 e. The molecule has 0 spiro atoms. The van der Waals surface area contributed by atoms with Gasteiger partial charge in [-0.15, -0.1) is 0 Å². The highest BCUT2D eigenvalue weighted by atomic mass is 35.5. The van der Waals surface area contributed by atoms with Gasteiger partial charge in [0, 0.05) is 17.6 Å². The first-order valence-corrected chi connectivity index (χ1v) is 11.3. The first kappa shape index (κ1) is 24.7. The predicted molar refractivity (Wildman–Crippen MR) is 115 cm³/mol. The molecular formula is C24H23ClF5NO3. The molecule has 184 valence electrons. The van der Waals surface area contributed by atoms with Gasteiger partial charge in [-0.25, -0.2) is 13.6 Å². The maximum absolute atomic E-state index is 14.6. The van der Waals surface area contributed by atoms with Crippen LogP contribution in [0.25, 0.3) is 0 Å². The summed E-state index contributed by atoms with van der Waals surface area (Å²) >= 11 is 5.97. The standard InChI is InChI=1S/C24H23ClF5NO3/c1-33-23(32)18-10-17(13-4-5-13)21(11-20(18)27)34-15-3-2-8-31(12-15)22(24(28,29)30)16-7-6-14(26)9-19(16)25/h6-7,9-11,13,15,22H,2-5,8,12H2,1H3/t15-,22?/m1/s1. The van der Waals surface area contributed by atoms with Crippen molar-refractivity contribution in [3.63, 3.8) is 0 Å². The molecule has 2 aromatic carbocycles. The Bertz CT molecular complexity index is 1070. The van der Waals surface area contributed by atoms with Crippen LogP contribution in [0.15, 0.2) is 30.3 Å². The number of alkyl halides is 3. The second-order valence-corrected chi connectivity index (χ2v) is 9.03. The lowest BCUT2D eigenvalue weighted by atomic mass is 9.99. The fourth-order valence-electron chi connectivity index (χ4n) is 4.43. The summed E-state index contributed by atoms with van der Waals surface area (Å²) in [6.45, 7) is 0.0607. The summed E-state index contributed by atoms with van der Waals surface area (Å²) in [7, 11) is 1.16. The Morgan fingerprint density at radius 2 is 1.88 bits per heavy atom. The molecule has 34 heavy (non-hydrogen) atoms. The minimum Gasteiger partial charge on any atom is -0.489 e. The van der Waals surface area contributed by atoms with Crippen molar-refractivity contribution < 1.29 is 36.2 Å². The zero-order valence-electron chi connectivity index (χ0n) is 18.3. The first-order valence-electron chi connectivity index (χ1n) is 10.9. The van der Waals surface area contributed by atoms with E-state index in [2.05, 4.69) is 4.74 Å². The van der Waals surface area contributed by atoms with E-state index < -0.39 is 35.9 Å². The molecule has 2 aliphatic rings. The van der Waals surface area contributed by atoms with Crippen molar-refractivity contribution in [3.8, 4) is 5.75 Å². The molecular weight excluding hydrogens is 481 g/mol. The predicted octanol–water partition coefficient (Wildman–Crippen LogP) is 6.43. The summed E-state index contributed by atoms with van der Waals surface area (Å²) < 4.78 is 80.9. The van der Waals surface area contributed by atoms with Crippen LogP contribution in [0.1, 0.15) is 59.1 Å². The molecule has 2 aromatic rings. The highest BCUT2D eigenvalue weighted by Gasteiger charge is 2.47. The Morgan fingerprint density at radius 1 is 1.15 bits per heavy atom. The lowest BCUT2D eigenvalue weighted by Crippen LogP contribution is -2.47. The molecule has 10 heteroatoms. The average Bonchev–Trinajstić information content (AvgIpc) is 3.60. The van der Waals surface area contributed by atoms with E-state index in [9.17, 15) is 26.7 Å². The van der Waals surface area contributed by atoms with Crippen molar-refractivity contribution in [3.05, 3.63) is 63.7 Å². The van der Waals surface area contributed by atoms with Crippen LogP contribution in [0, 0.1) is 11.6 Å². The number of ether oxygens (including phenoxy) is 2. The lowest BCUT2D eigenvalue weighted by molar-refractivity contribution is -0.192. The van der Waals surface area contributed by atoms with Crippen LogP contribution in [0.2, 0.25) is 5.02 Å². The number of halogens is 6. The second kappa shape index (κ2) is 9.70. The van der Waals surface area contributed by atoms with Gasteiger partial charge in [-0.3, -0.25) is 4.90 Å². The summed E-state index contributed by atoms with van der Waals surface area (Å²) in [6.07, 6.45) is -2.72. The third-order valence-electron chi connectivity index (χ3n) is 6.16. The van der Waals surface area contributed by atoms with E-state index in [1.165, 1.54) is 11.0 Å². The van der Waals surface area contributed by atoms with E-state index in [0.717, 1.165) is 44.2 Å². The van der Waals surface area contributed by atoms with E-state index in [0.29, 0.717) is 18.4 Å². The van der Waals surface area contributed by atoms with Crippen molar-refractivity contribution in [1.82, 2.24) is 4.90 Å². The summed E-state index contributed by atoms with van der Waals surface area (Å²) in [5, 5.41) is -0.304. The molecule has 0 N–H and O–H groups in total. The smallest absolute Gasteiger partial charge is 0.408 e. The van der Waals surface area contributed by atoms with Crippen molar-refractivity contribution >= 4 is 17.6 Å². The molecule has 0 amide bonds. The van der Waals surface area contributed by atoms with Crippen LogP contribution >= 0.6 is 11.6 Å². The Morgan fingerprint density at radius 3 is 2.50 bits per heavy atom. The molecule has 1 heterocycles. The first-order chi connectivity index (χ1) is 16.1. The highest BCUT2D eigenvalue weighted by Crippen LogP contribution is 2.46. The summed E-state index contributed by atoms with van der Waals surface area (Å²) in [5.74, 6) is -2.02. The molecule has 4 nitrogen and oxygen atoms in total. The van der Waals surface area contributed by atoms with Crippen LogP contribution in [0.5, 0.6) is 5.75 Å². The van der Waals surface area contributed by atoms with Gasteiger partial charge in [0.05, 0.1) is 12.7 Å². The zero-order chi connectivity index (χ0) is 24.6. The number of hydrogen-bond donors (Lipinski definition) is 0. The molecule has 0 aromatic heterocycles. The van der Waals surface area contributed by atoms with Gasteiger partial charge in [-0.2, -0.15) is 13.2 Å². The van der Waals surface area contributed by atoms with Gasteiger partial charge in [0.1, 0.15) is 29.5 Å². The number of benzene rings is 2. The number of carbonyl (C=O) groups is 1. The molecule has 0 radical (unpaired) electrons. The number of carbonyl (C=O) groups excluding carboxylic acids is 1. The van der Waals surface area contributed by atoms with E-state index >= 15 is 0 Å². The highest BCUT2D eigenvalue weighted by molar-refractivity contribution is 6.31. The topological polar surface area (TPSA) is 38.8 Å². The Hall–Kier alpha value is -2.39. The summed E-state index contributed by atoms with van der Waals surface area (Å²) in [4.78, 5) is 13.1. The normalized spacial score (nSPS) is 20.1. The number of piperidine rings is 1. The minimum absolute atomic E-state index is 0.0810. The van der Waals surface area contributed by atoms with Gasteiger partial charge in [0.2, 0.25) is 0 Å². The number of esters is 1. The van der Waals surface area contributed by atoms with E-state index in [1.807, 2.05) is 0 Å². The third-order valence-corrected chi connectivity index (χ3v) is 6.48. The second-order valence-electron chi connectivity index (χ2n) is 8.62. The molecule has 1 aliphatic carbocycles. The minimum atomic E-state index is -4.66. The molecule has 1 aliphatic heterocycles. The lowest BCUT2D eigenvalue weighted by Gasteiger charge is -2.39. The van der Waals surface area contributed by atoms with Gasteiger partial charge in [0.15, 0.2) is 0 Å². The van der Waals surface area contributed by atoms with Gasteiger partial charge in [-0.1, -0.05) is 17.7 Å². The maximum Gasteiger partial charge on any atom is 0.408 e. The van der Waals surface area contributed by atoms with Gasteiger partial charge < -0.3 is 9.47 Å². The maximum atomic E-state index is 14.6. The van der Waals surface area contributed by atoms with Gasteiger partial charge in [-0.05, 0) is 67.5 Å². The molecule has 2 fully saturated rings. The van der Waals surface area contributed by atoms with Crippen LogP contribution in [0.4, 0.5) is 22.0 Å². The van der Waals surface area contributed by atoms with E-state index in [1.54, 1.807) is 0 Å². The Labute approximate surface area is 198 Å². The molecule has 0 bridgehead atoms. The number of rotatable bonds is 6. The van der Waals surface area contributed by atoms with Crippen molar-refractivity contribution in [2.75, 3.05) is 20.2 Å². The van der Waals surface area contributed by atoms with Crippen LogP contribution in [-0.2, 0) is 4.74 Å². The quantitative estimate of drug-likeness (QED) is 0.336. The summed E-state index contributed by atoms with van der Waals surface area (Å²) in [5.41, 5.74) is 0.210. The van der Waals surface area contributed by atoms with Crippen molar-refractivity contribution in [1.29, 1.82) is 0 Å². The third kappa shape index (κ3) is 5.30. The fraction of sp³-hybridized carbons (Fsp3) is 0.458. The number of nitrogens with zero attached hydrogens (tertiary/aromatic N) is 1. The Balaban J connectivity index is 1.59. The molecule has 1 unspecified atom stereocenters. The number of likely N-dealkylation sites (tertiary alicyclic amines) is 1.